The molecule has 96 valence electrons. The summed E-state index contributed by atoms with van der Waals surface area (Å²) < 4.78 is 6.49. The first-order valence-corrected chi connectivity index (χ1v) is 6.47. The Labute approximate surface area is 114 Å². The molecule has 4 nitrogen and oxygen atoms in total. The molecule has 1 aromatic carbocycles. The lowest BCUT2D eigenvalue weighted by Gasteiger charge is -2.18. The summed E-state index contributed by atoms with van der Waals surface area (Å²) in [7, 11) is 1.69. The van der Waals surface area contributed by atoms with Gasteiger partial charge >= 0.3 is 0 Å². The van der Waals surface area contributed by atoms with Crippen molar-refractivity contribution in [1.29, 1.82) is 0 Å². The fraction of sp³-hybridized carbons (Fsp3) is 0.385. The maximum absolute atomic E-state index is 11.9. The van der Waals surface area contributed by atoms with Crippen LogP contribution in [0.15, 0.2) is 16.6 Å². The van der Waals surface area contributed by atoms with Crippen molar-refractivity contribution < 1.29 is 14.3 Å². The summed E-state index contributed by atoms with van der Waals surface area (Å²) in [6, 6.07) is 3.51. The first-order valence-electron chi connectivity index (χ1n) is 5.68. The number of nitrogens with zero attached hydrogens (tertiary/aromatic N) is 1. The van der Waals surface area contributed by atoms with E-state index in [-0.39, 0.29) is 17.8 Å². The minimum atomic E-state index is -0.236. The van der Waals surface area contributed by atoms with Crippen molar-refractivity contribution >= 4 is 33.3 Å². The molecule has 1 aliphatic heterocycles. The number of halogens is 1. The van der Waals surface area contributed by atoms with E-state index in [1.54, 1.807) is 19.2 Å². The third kappa shape index (κ3) is 2.27. The highest BCUT2D eigenvalue weighted by Gasteiger charge is 2.27. The molecule has 1 amide bonds. The summed E-state index contributed by atoms with van der Waals surface area (Å²) in [4.78, 5) is 25.1. The standard InChI is InChI=1S/C13H14BrNO3/c1-7-4-12(17)15(3)11-6-9(14)5-10(8(2)16)13(11)18-7/h5-7H,4H2,1-3H3. The minimum absolute atomic E-state index is 0.0196. The van der Waals surface area contributed by atoms with E-state index in [9.17, 15) is 9.59 Å². The van der Waals surface area contributed by atoms with Gasteiger partial charge in [-0.05, 0) is 26.0 Å². The topological polar surface area (TPSA) is 46.6 Å². The molecule has 0 spiro atoms. The van der Waals surface area contributed by atoms with Gasteiger partial charge in [-0.25, -0.2) is 0 Å². The zero-order valence-corrected chi connectivity index (χ0v) is 12.1. The molecule has 0 bridgehead atoms. The lowest BCUT2D eigenvalue weighted by Crippen LogP contribution is -2.27. The van der Waals surface area contributed by atoms with E-state index in [0.29, 0.717) is 23.4 Å². The summed E-state index contributed by atoms with van der Waals surface area (Å²) in [5.41, 5.74) is 1.12. The van der Waals surface area contributed by atoms with Gasteiger partial charge in [0.25, 0.3) is 0 Å². The number of ether oxygens (including phenoxy) is 1. The number of carbonyl (C=O) groups excluding carboxylic acids is 2. The van der Waals surface area contributed by atoms with Crippen LogP contribution in [-0.2, 0) is 4.79 Å². The highest BCUT2D eigenvalue weighted by Crippen LogP contribution is 2.38. The summed E-state index contributed by atoms with van der Waals surface area (Å²) in [5, 5.41) is 0. The number of amides is 1. The third-order valence-electron chi connectivity index (χ3n) is 2.93. The van der Waals surface area contributed by atoms with Crippen molar-refractivity contribution in [2.45, 2.75) is 26.4 Å². The maximum atomic E-state index is 11.9. The van der Waals surface area contributed by atoms with Crippen LogP contribution in [0, 0.1) is 0 Å². The van der Waals surface area contributed by atoms with Crippen molar-refractivity contribution in [3.63, 3.8) is 0 Å². The molecular formula is C13H14BrNO3. The lowest BCUT2D eigenvalue weighted by molar-refractivity contribution is -0.119. The Hall–Kier alpha value is -1.36. The monoisotopic (exact) mass is 311 g/mol. The van der Waals surface area contributed by atoms with Gasteiger partial charge in [0.1, 0.15) is 6.10 Å². The second-order valence-electron chi connectivity index (χ2n) is 4.44. The van der Waals surface area contributed by atoms with Gasteiger partial charge in [0.2, 0.25) is 5.91 Å². The van der Waals surface area contributed by atoms with Crippen molar-refractivity contribution in [1.82, 2.24) is 0 Å². The Kier molecular flexibility index (Phi) is 3.43. The first-order chi connectivity index (χ1) is 8.40. The van der Waals surface area contributed by atoms with Crippen LogP contribution in [0.1, 0.15) is 30.6 Å². The highest BCUT2D eigenvalue weighted by molar-refractivity contribution is 9.10. The van der Waals surface area contributed by atoms with Crippen LogP contribution in [-0.4, -0.2) is 24.8 Å². The number of hydrogen-bond donors (Lipinski definition) is 0. The van der Waals surface area contributed by atoms with E-state index in [0.717, 1.165) is 4.47 Å². The number of hydrogen-bond acceptors (Lipinski definition) is 3. The van der Waals surface area contributed by atoms with Crippen molar-refractivity contribution in [3.8, 4) is 5.75 Å². The van der Waals surface area contributed by atoms with Gasteiger partial charge in [-0.1, -0.05) is 15.9 Å². The Morgan fingerprint density at radius 1 is 1.50 bits per heavy atom. The quantitative estimate of drug-likeness (QED) is 0.749. The molecule has 0 fully saturated rings. The smallest absolute Gasteiger partial charge is 0.230 e. The second kappa shape index (κ2) is 4.72. The second-order valence-corrected chi connectivity index (χ2v) is 5.36. The normalized spacial score (nSPS) is 19.0. The maximum Gasteiger partial charge on any atom is 0.230 e. The average molecular weight is 312 g/mol. The zero-order chi connectivity index (χ0) is 13.4. The molecule has 0 saturated carbocycles. The van der Waals surface area contributed by atoms with Crippen LogP contribution in [0.5, 0.6) is 5.75 Å². The third-order valence-corrected chi connectivity index (χ3v) is 3.39. The van der Waals surface area contributed by atoms with E-state index in [1.165, 1.54) is 11.8 Å². The molecular weight excluding hydrogens is 298 g/mol. The molecule has 2 rings (SSSR count). The van der Waals surface area contributed by atoms with Gasteiger partial charge in [-0.2, -0.15) is 0 Å². The zero-order valence-electron chi connectivity index (χ0n) is 10.5. The van der Waals surface area contributed by atoms with Crippen LogP contribution >= 0.6 is 15.9 Å². The number of anilines is 1. The van der Waals surface area contributed by atoms with Crippen LogP contribution in [0.3, 0.4) is 0 Å². The van der Waals surface area contributed by atoms with E-state index < -0.39 is 0 Å². The fourth-order valence-electron chi connectivity index (χ4n) is 1.97. The number of ketones is 1. The minimum Gasteiger partial charge on any atom is -0.487 e. The Morgan fingerprint density at radius 3 is 2.78 bits per heavy atom. The van der Waals surface area contributed by atoms with Crippen molar-refractivity contribution in [2.75, 3.05) is 11.9 Å². The van der Waals surface area contributed by atoms with Crippen LogP contribution in [0.25, 0.3) is 0 Å². The number of benzene rings is 1. The summed E-state index contributed by atoms with van der Waals surface area (Å²) in [6.45, 7) is 3.32. The Morgan fingerprint density at radius 2 is 2.17 bits per heavy atom. The van der Waals surface area contributed by atoms with Gasteiger partial charge in [-0.3, -0.25) is 9.59 Å². The molecule has 1 heterocycles. The van der Waals surface area contributed by atoms with E-state index in [1.807, 2.05) is 6.92 Å². The molecule has 0 radical (unpaired) electrons. The predicted octanol–water partition coefficient (Wildman–Crippen LogP) is 2.79. The molecule has 1 aliphatic rings. The highest BCUT2D eigenvalue weighted by atomic mass is 79.9. The summed E-state index contributed by atoms with van der Waals surface area (Å²) >= 11 is 3.35. The fourth-order valence-corrected chi connectivity index (χ4v) is 2.42. The molecule has 1 aromatic rings. The molecule has 1 unspecified atom stereocenters. The number of fused-ring (bicyclic) bond motifs is 1. The van der Waals surface area contributed by atoms with Crippen molar-refractivity contribution in [2.24, 2.45) is 0 Å². The Bertz CT molecular complexity index is 527. The largest absolute Gasteiger partial charge is 0.487 e. The lowest BCUT2D eigenvalue weighted by atomic mass is 10.1. The van der Waals surface area contributed by atoms with Gasteiger partial charge in [-0.15, -0.1) is 0 Å². The summed E-state index contributed by atoms with van der Waals surface area (Å²) in [6.07, 6.45) is 0.0700. The van der Waals surface area contributed by atoms with E-state index in [4.69, 9.17) is 4.74 Å². The molecule has 1 atom stereocenters. The van der Waals surface area contributed by atoms with Gasteiger partial charge < -0.3 is 9.64 Å². The molecule has 18 heavy (non-hydrogen) atoms. The number of carbonyl (C=O) groups is 2. The van der Waals surface area contributed by atoms with Gasteiger partial charge in [0.05, 0.1) is 17.7 Å². The molecule has 0 aromatic heterocycles. The average Bonchev–Trinajstić information content (AvgIpc) is 2.38. The first kappa shape index (κ1) is 13.1. The molecule has 0 saturated heterocycles. The SMILES string of the molecule is CC(=O)c1cc(Br)cc2c1OC(C)CC(=O)N2C. The van der Waals surface area contributed by atoms with Crippen LogP contribution in [0.2, 0.25) is 0 Å². The predicted molar refractivity (Wildman–Crippen MR) is 72.3 cm³/mol. The Balaban J connectivity index is 2.67. The summed E-state index contributed by atoms with van der Waals surface area (Å²) in [5.74, 6) is 0.392. The molecule has 0 aliphatic carbocycles. The number of Topliss-reactive ketones (excluding diaryl/α,β-unsaturated/α-hetero) is 1. The van der Waals surface area contributed by atoms with Gasteiger partial charge in [0, 0.05) is 11.5 Å². The van der Waals surface area contributed by atoms with E-state index in [2.05, 4.69) is 15.9 Å². The van der Waals surface area contributed by atoms with E-state index >= 15 is 0 Å². The van der Waals surface area contributed by atoms with Gasteiger partial charge in [0.15, 0.2) is 11.5 Å². The molecule has 5 heteroatoms. The molecule has 0 N–H and O–H groups in total. The van der Waals surface area contributed by atoms with Crippen LogP contribution < -0.4 is 9.64 Å². The van der Waals surface area contributed by atoms with Crippen LogP contribution in [0.4, 0.5) is 5.69 Å². The number of rotatable bonds is 1. The van der Waals surface area contributed by atoms with Crippen molar-refractivity contribution in [3.05, 3.63) is 22.2 Å².